The number of urea groups is 1. The lowest BCUT2D eigenvalue weighted by Gasteiger charge is -2.43. The minimum atomic E-state index is -4.37. The maximum Gasteiger partial charge on any atom is 0.395 e. The van der Waals surface area contributed by atoms with E-state index >= 15 is 0 Å². The van der Waals surface area contributed by atoms with Crippen molar-refractivity contribution < 1.29 is 18.0 Å². The molecule has 2 aromatic carbocycles. The first-order chi connectivity index (χ1) is 17.5. The van der Waals surface area contributed by atoms with Crippen LogP contribution in [0.25, 0.3) is 0 Å². The number of allylic oxidation sites excluding steroid dienone is 2. The predicted octanol–water partition coefficient (Wildman–Crippen LogP) is 9.13. The highest BCUT2D eigenvalue weighted by Gasteiger charge is 2.40. The average molecular weight is 574 g/mol. The van der Waals surface area contributed by atoms with Gasteiger partial charge in [0.15, 0.2) is 0 Å². The molecule has 2 aromatic rings. The minimum Gasteiger partial charge on any atom is -0.338 e. The van der Waals surface area contributed by atoms with Gasteiger partial charge in [-0.15, -0.1) is 6.58 Å². The molecule has 3 rings (SSSR count). The van der Waals surface area contributed by atoms with Crippen LogP contribution in [0.2, 0.25) is 15.1 Å². The third-order valence-electron chi connectivity index (χ3n) is 7.10. The van der Waals surface area contributed by atoms with Crippen LogP contribution in [0, 0.1) is 17.8 Å². The van der Waals surface area contributed by atoms with Gasteiger partial charge in [-0.25, -0.2) is 4.79 Å². The first-order valence-corrected chi connectivity index (χ1v) is 13.2. The Morgan fingerprint density at radius 1 is 1.11 bits per heavy atom. The van der Waals surface area contributed by atoms with Crippen molar-refractivity contribution in [3.05, 3.63) is 93.6 Å². The van der Waals surface area contributed by atoms with Crippen LogP contribution in [0.1, 0.15) is 49.1 Å². The number of hydrogen-bond acceptors (Lipinski definition) is 1. The minimum absolute atomic E-state index is 0.0515. The van der Waals surface area contributed by atoms with Crippen molar-refractivity contribution in [2.45, 2.75) is 44.2 Å². The van der Waals surface area contributed by atoms with Gasteiger partial charge in [-0.3, -0.25) is 0 Å². The average Bonchev–Trinajstić information content (AvgIpc) is 2.83. The van der Waals surface area contributed by atoms with E-state index in [4.69, 9.17) is 34.8 Å². The van der Waals surface area contributed by atoms with Gasteiger partial charge < -0.3 is 10.6 Å². The number of rotatable bonds is 8. The first kappa shape index (κ1) is 29.4. The van der Waals surface area contributed by atoms with Crippen molar-refractivity contribution >= 4 is 40.8 Å². The van der Waals surface area contributed by atoms with E-state index in [2.05, 4.69) is 24.1 Å². The molecule has 0 spiro atoms. The second-order valence-corrected chi connectivity index (χ2v) is 10.7. The summed E-state index contributed by atoms with van der Waals surface area (Å²) in [5.41, 5.74) is 2.11. The lowest BCUT2D eigenvalue weighted by atomic mass is 9.62. The summed E-state index contributed by atoms with van der Waals surface area (Å²) in [5, 5.41) is 7.22. The molecule has 0 aliphatic heterocycles. The number of halogens is 6. The van der Waals surface area contributed by atoms with Crippen molar-refractivity contribution in [1.82, 2.24) is 10.6 Å². The molecular weight excluding hydrogens is 544 g/mol. The van der Waals surface area contributed by atoms with Crippen LogP contribution in [0.3, 0.4) is 0 Å². The summed E-state index contributed by atoms with van der Waals surface area (Å²) < 4.78 is 38.5. The fourth-order valence-electron chi connectivity index (χ4n) is 5.11. The molecule has 0 radical (unpaired) electrons. The zero-order chi connectivity index (χ0) is 27.2. The van der Waals surface area contributed by atoms with Crippen LogP contribution in [0.15, 0.2) is 67.4 Å². The van der Waals surface area contributed by atoms with Gasteiger partial charge in [-0.1, -0.05) is 72.1 Å². The Labute approximate surface area is 231 Å². The summed E-state index contributed by atoms with van der Waals surface area (Å²) in [4.78, 5) is 12.5. The molecule has 5 atom stereocenters. The van der Waals surface area contributed by atoms with E-state index in [0.717, 1.165) is 30.0 Å². The Balaban J connectivity index is 1.75. The van der Waals surface area contributed by atoms with E-state index in [-0.39, 0.29) is 24.2 Å². The van der Waals surface area contributed by atoms with Gasteiger partial charge in [0.2, 0.25) is 0 Å². The maximum atomic E-state index is 12.8. The van der Waals surface area contributed by atoms with E-state index in [0.29, 0.717) is 27.5 Å². The van der Waals surface area contributed by atoms with Gasteiger partial charge in [0.25, 0.3) is 0 Å². The number of alkyl halides is 3. The molecule has 0 bridgehead atoms. The molecule has 1 aliphatic carbocycles. The number of carbonyl (C=O) groups excluding carboxylic acids is 1. The van der Waals surface area contributed by atoms with Crippen LogP contribution in [0.5, 0.6) is 0 Å². The van der Waals surface area contributed by atoms with Crippen molar-refractivity contribution in [3.63, 3.8) is 0 Å². The summed E-state index contributed by atoms with van der Waals surface area (Å²) in [6.45, 7) is 5.78. The highest BCUT2D eigenvalue weighted by Crippen LogP contribution is 2.51. The second kappa shape index (κ2) is 13.1. The Morgan fingerprint density at radius 3 is 2.41 bits per heavy atom. The largest absolute Gasteiger partial charge is 0.395 e. The normalized spacial score (nSPS) is 23.0. The van der Waals surface area contributed by atoms with E-state index in [1.807, 2.05) is 36.4 Å². The topological polar surface area (TPSA) is 41.1 Å². The van der Waals surface area contributed by atoms with Crippen LogP contribution in [-0.4, -0.2) is 18.8 Å². The molecule has 5 unspecified atom stereocenters. The lowest BCUT2D eigenvalue weighted by molar-refractivity contribution is -0.160. The molecule has 200 valence electrons. The van der Waals surface area contributed by atoms with Crippen LogP contribution >= 0.6 is 34.8 Å². The Bertz CT molecular complexity index is 1100. The number of hydrogen-bond donors (Lipinski definition) is 2. The summed E-state index contributed by atoms with van der Waals surface area (Å²) in [6, 6.07) is 12.8. The fourth-order valence-corrected chi connectivity index (χ4v) is 5.78. The highest BCUT2D eigenvalue weighted by molar-refractivity contribution is 6.35. The van der Waals surface area contributed by atoms with E-state index < -0.39 is 18.1 Å². The molecular formula is C28H30Cl3F3N2O. The molecule has 0 saturated heterocycles. The summed E-state index contributed by atoms with van der Waals surface area (Å²) in [7, 11) is 0. The third-order valence-corrected chi connectivity index (χ3v) is 7.92. The van der Waals surface area contributed by atoms with E-state index in [9.17, 15) is 18.0 Å². The molecule has 1 fully saturated rings. The van der Waals surface area contributed by atoms with Gasteiger partial charge in [0.1, 0.15) is 0 Å². The molecule has 0 aromatic heterocycles. The van der Waals surface area contributed by atoms with Crippen LogP contribution in [0.4, 0.5) is 18.0 Å². The van der Waals surface area contributed by atoms with Crippen LogP contribution < -0.4 is 10.6 Å². The van der Waals surface area contributed by atoms with Gasteiger partial charge in [0.05, 0.1) is 5.92 Å². The molecule has 1 saturated carbocycles. The number of benzene rings is 2. The molecule has 9 heteroatoms. The summed E-state index contributed by atoms with van der Waals surface area (Å²) in [6.07, 6.45) is 0.565. The third kappa shape index (κ3) is 7.92. The summed E-state index contributed by atoms with van der Waals surface area (Å²) >= 11 is 18.9. The Hall–Kier alpha value is -2.15. The lowest BCUT2D eigenvalue weighted by Crippen LogP contribution is -2.42. The van der Waals surface area contributed by atoms with Crippen molar-refractivity contribution in [1.29, 1.82) is 0 Å². The maximum absolute atomic E-state index is 12.8. The Kier molecular flexibility index (Phi) is 10.4. The number of nitrogens with one attached hydrogen (secondary N) is 2. The van der Waals surface area contributed by atoms with Gasteiger partial charge >= 0.3 is 12.2 Å². The molecule has 2 amide bonds. The van der Waals surface area contributed by atoms with Crippen LogP contribution in [-0.2, 0) is 0 Å². The Morgan fingerprint density at radius 2 is 1.78 bits per heavy atom. The molecule has 2 N–H and O–H groups in total. The SMILES string of the molecule is C=CC(C/C=C/NC(=O)NCC1C(C)CCC(c2ccc(Cl)cc2Cl)C1c1ccc(Cl)cc1)C(F)(F)F. The summed E-state index contributed by atoms with van der Waals surface area (Å²) in [5.74, 6) is -1.12. The molecule has 1 aliphatic rings. The standard InChI is InChI=1S/C28H30Cl3F3N2O/c1-3-19(28(32,33)34)5-4-14-35-27(37)36-16-24-17(2)6-12-23(22-13-11-21(30)15-25(22)31)26(24)18-7-9-20(29)10-8-18/h3-4,7-11,13-15,17,19,23-24,26H,1,5-6,12,16H2,2H3,(H2,35,36,37)/b14-4+. The molecule has 37 heavy (non-hydrogen) atoms. The predicted molar refractivity (Wildman–Crippen MR) is 145 cm³/mol. The highest BCUT2D eigenvalue weighted by atomic mass is 35.5. The zero-order valence-electron chi connectivity index (χ0n) is 20.4. The number of carbonyl (C=O) groups is 1. The number of amides is 2. The zero-order valence-corrected chi connectivity index (χ0v) is 22.6. The van der Waals surface area contributed by atoms with Crippen molar-refractivity contribution in [2.24, 2.45) is 17.8 Å². The van der Waals surface area contributed by atoms with Gasteiger partial charge in [-0.05, 0) is 78.3 Å². The van der Waals surface area contributed by atoms with E-state index in [1.165, 1.54) is 12.3 Å². The van der Waals surface area contributed by atoms with Crippen molar-refractivity contribution in [2.75, 3.05) is 6.54 Å². The monoisotopic (exact) mass is 572 g/mol. The van der Waals surface area contributed by atoms with Crippen molar-refractivity contribution in [3.8, 4) is 0 Å². The quantitative estimate of drug-likeness (QED) is 0.304. The smallest absolute Gasteiger partial charge is 0.338 e. The second-order valence-electron chi connectivity index (χ2n) is 9.44. The van der Waals surface area contributed by atoms with Gasteiger partial charge in [-0.2, -0.15) is 13.2 Å². The molecule has 3 nitrogen and oxygen atoms in total. The first-order valence-electron chi connectivity index (χ1n) is 12.1. The molecule has 0 heterocycles. The van der Waals surface area contributed by atoms with Gasteiger partial charge in [0, 0.05) is 27.8 Å². The van der Waals surface area contributed by atoms with E-state index in [1.54, 1.807) is 6.07 Å². The fraction of sp³-hybridized carbons (Fsp3) is 0.393.